The second kappa shape index (κ2) is 5.97. The molecule has 0 aliphatic carbocycles. The molecule has 1 aromatic rings. The zero-order chi connectivity index (χ0) is 13.7. The number of nitrogens with zero attached hydrogens (tertiary/aromatic N) is 1. The van der Waals surface area contributed by atoms with Crippen LogP contribution in [0.15, 0.2) is 18.2 Å². The number of hydrogen-bond acceptors (Lipinski definition) is 4. The number of halogens is 1. The summed E-state index contributed by atoms with van der Waals surface area (Å²) in [5.41, 5.74) is 10.7. The van der Waals surface area contributed by atoms with Crippen molar-refractivity contribution in [2.75, 3.05) is 18.0 Å². The van der Waals surface area contributed by atoms with Crippen LogP contribution >= 0.6 is 0 Å². The maximum absolute atomic E-state index is 13.0. The predicted octanol–water partition coefficient (Wildman–Crippen LogP) is -0.905. The fourth-order valence-corrected chi connectivity index (χ4v) is 1.59. The standard InChI is InChI=1S/C11H14FN3O3/c12-8-1-2-9(7(3-8)6-16)15(4-10(13)17)5-11(14)18/h1-3,16H,4-6H2,(H2,13,17)(H2,14,18). The van der Waals surface area contributed by atoms with Gasteiger partial charge in [-0.15, -0.1) is 0 Å². The summed E-state index contributed by atoms with van der Waals surface area (Å²) in [6.07, 6.45) is 0. The Bertz CT molecular complexity index is 449. The molecule has 1 rings (SSSR count). The highest BCUT2D eigenvalue weighted by Crippen LogP contribution is 2.21. The molecule has 2 amide bonds. The number of carbonyl (C=O) groups excluding carboxylic acids is 2. The molecule has 0 bridgehead atoms. The molecule has 0 radical (unpaired) electrons. The fraction of sp³-hybridized carbons (Fsp3) is 0.273. The molecule has 7 heteroatoms. The Morgan fingerprint density at radius 1 is 1.22 bits per heavy atom. The van der Waals surface area contributed by atoms with Gasteiger partial charge in [0.05, 0.1) is 19.7 Å². The molecule has 6 nitrogen and oxygen atoms in total. The molecule has 5 N–H and O–H groups in total. The van der Waals surface area contributed by atoms with E-state index in [0.717, 1.165) is 12.1 Å². The zero-order valence-electron chi connectivity index (χ0n) is 9.60. The number of aliphatic hydroxyl groups is 1. The van der Waals surface area contributed by atoms with Crippen molar-refractivity contribution in [2.24, 2.45) is 11.5 Å². The van der Waals surface area contributed by atoms with Gasteiger partial charge in [-0.05, 0) is 18.2 Å². The number of primary amides is 2. The highest BCUT2D eigenvalue weighted by atomic mass is 19.1. The topological polar surface area (TPSA) is 110 Å². The van der Waals surface area contributed by atoms with Crippen molar-refractivity contribution in [1.82, 2.24) is 0 Å². The van der Waals surface area contributed by atoms with E-state index in [0.29, 0.717) is 5.69 Å². The Hall–Kier alpha value is -2.15. The summed E-state index contributed by atoms with van der Waals surface area (Å²) in [6, 6.07) is 3.63. The monoisotopic (exact) mass is 255 g/mol. The Morgan fingerprint density at radius 2 is 1.78 bits per heavy atom. The number of anilines is 1. The Morgan fingerprint density at radius 3 is 2.22 bits per heavy atom. The molecule has 98 valence electrons. The summed E-state index contributed by atoms with van der Waals surface area (Å²) in [6.45, 7) is -0.926. The minimum Gasteiger partial charge on any atom is -0.392 e. The van der Waals surface area contributed by atoms with Crippen molar-refractivity contribution in [2.45, 2.75) is 6.61 Å². The first-order valence-corrected chi connectivity index (χ1v) is 5.15. The summed E-state index contributed by atoms with van der Waals surface area (Å²) < 4.78 is 13.0. The Kier molecular flexibility index (Phi) is 4.61. The molecule has 0 aliphatic heterocycles. The van der Waals surface area contributed by atoms with E-state index in [1.165, 1.54) is 11.0 Å². The lowest BCUT2D eigenvalue weighted by Crippen LogP contribution is -2.40. The average Bonchev–Trinajstić information content (AvgIpc) is 2.26. The molecule has 18 heavy (non-hydrogen) atoms. The van der Waals surface area contributed by atoms with Crippen LogP contribution in [0, 0.1) is 5.82 Å². The zero-order valence-corrected chi connectivity index (χ0v) is 9.60. The van der Waals surface area contributed by atoms with Crippen LogP contribution in [-0.2, 0) is 16.2 Å². The quantitative estimate of drug-likeness (QED) is 0.611. The molecular formula is C11H14FN3O3. The van der Waals surface area contributed by atoms with Gasteiger partial charge in [0.2, 0.25) is 11.8 Å². The number of aliphatic hydroxyl groups excluding tert-OH is 1. The minimum absolute atomic E-state index is 0.248. The molecular weight excluding hydrogens is 241 g/mol. The number of benzene rings is 1. The fourth-order valence-electron chi connectivity index (χ4n) is 1.59. The second-order valence-electron chi connectivity index (χ2n) is 3.72. The van der Waals surface area contributed by atoms with E-state index in [9.17, 15) is 14.0 Å². The van der Waals surface area contributed by atoms with Gasteiger partial charge in [-0.3, -0.25) is 9.59 Å². The molecule has 0 heterocycles. The first-order chi connectivity index (χ1) is 8.43. The van der Waals surface area contributed by atoms with Gasteiger partial charge < -0.3 is 21.5 Å². The first-order valence-electron chi connectivity index (χ1n) is 5.15. The second-order valence-corrected chi connectivity index (χ2v) is 3.72. The van der Waals surface area contributed by atoms with Crippen LogP contribution in [0.25, 0.3) is 0 Å². The molecule has 0 saturated carbocycles. The average molecular weight is 255 g/mol. The normalized spacial score (nSPS) is 10.1. The van der Waals surface area contributed by atoms with Crippen molar-refractivity contribution in [1.29, 1.82) is 0 Å². The maximum atomic E-state index is 13.0. The lowest BCUT2D eigenvalue weighted by atomic mass is 10.1. The molecule has 0 unspecified atom stereocenters. The van der Waals surface area contributed by atoms with Crippen LogP contribution in [-0.4, -0.2) is 30.0 Å². The third-order valence-electron chi connectivity index (χ3n) is 2.25. The first kappa shape index (κ1) is 13.9. The number of hydrogen-bond donors (Lipinski definition) is 3. The highest BCUT2D eigenvalue weighted by Gasteiger charge is 2.15. The third kappa shape index (κ3) is 3.70. The van der Waals surface area contributed by atoms with E-state index in [4.69, 9.17) is 16.6 Å². The van der Waals surface area contributed by atoms with Gasteiger partial charge >= 0.3 is 0 Å². The van der Waals surface area contributed by atoms with Crippen molar-refractivity contribution < 1.29 is 19.1 Å². The molecule has 0 aliphatic rings. The van der Waals surface area contributed by atoms with Gasteiger partial charge in [-0.25, -0.2) is 4.39 Å². The molecule has 0 saturated heterocycles. The number of rotatable bonds is 6. The van der Waals surface area contributed by atoms with Gasteiger partial charge in [0.15, 0.2) is 0 Å². The summed E-state index contributed by atoms with van der Waals surface area (Å²) in [7, 11) is 0. The predicted molar refractivity (Wildman–Crippen MR) is 62.9 cm³/mol. The van der Waals surface area contributed by atoms with Crippen LogP contribution in [0.5, 0.6) is 0 Å². The van der Waals surface area contributed by atoms with Gasteiger partial charge in [-0.1, -0.05) is 0 Å². The van der Waals surface area contributed by atoms with Gasteiger partial charge in [0, 0.05) is 11.3 Å². The lowest BCUT2D eigenvalue weighted by Gasteiger charge is -2.24. The highest BCUT2D eigenvalue weighted by molar-refractivity contribution is 5.85. The van der Waals surface area contributed by atoms with E-state index in [-0.39, 0.29) is 18.7 Å². The summed E-state index contributed by atoms with van der Waals surface area (Å²) >= 11 is 0. The van der Waals surface area contributed by atoms with E-state index in [1.54, 1.807) is 0 Å². The molecule has 0 aromatic heterocycles. The summed E-state index contributed by atoms with van der Waals surface area (Å²) in [5, 5.41) is 9.13. The maximum Gasteiger partial charge on any atom is 0.236 e. The minimum atomic E-state index is -0.663. The van der Waals surface area contributed by atoms with Crippen molar-refractivity contribution in [3.63, 3.8) is 0 Å². The SMILES string of the molecule is NC(=O)CN(CC(N)=O)c1ccc(F)cc1CO. The van der Waals surface area contributed by atoms with Crippen LogP contribution in [0.4, 0.5) is 10.1 Å². The van der Waals surface area contributed by atoms with Crippen LogP contribution in [0.1, 0.15) is 5.56 Å². The Labute approximate surface area is 103 Å². The van der Waals surface area contributed by atoms with Crippen molar-refractivity contribution in [3.8, 4) is 0 Å². The molecule has 0 spiro atoms. The number of carbonyl (C=O) groups is 2. The van der Waals surface area contributed by atoms with E-state index >= 15 is 0 Å². The summed E-state index contributed by atoms with van der Waals surface area (Å²) in [4.78, 5) is 23.1. The Balaban J connectivity index is 3.10. The molecule has 0 fully saturated rings. The van der Waals surface area contributed by atoms with E-state index < -0.39 is 24.2 Å². The van der Waals surface area contributed by atoms with E-state index in [1.807, 2.05) is 0 Å². The smallest absolute Gasteiger partial charge is 0.236 e. The number of amides is 2. The molecule has 1 aromatic carbocycles. The summed E-state index contributed by atoms with van der Waals surface area (Å²) in [5.74, 6) is -1.85. The number of nitrogens with two attached hydrogens (primary N) is 2. The van der Waals surface area contributed by atoms with Crippen LogP contribution in [0.3, 0.4) is 0 Å². The third-order valence-corrected chi connectivity index (χ3v) is 2.25. The van der Waals surface area contributed by atoms with Gasteiger partial charge in [0.1, 0.15) is 5.82 Å². The van der Waals surface area contributed by atoms with Gasteiger partial charge in [0.25, 0.3) is 0 Å². The van der Waals surface area contributed by atoms with Crippen LogP contribution < -0.4 is 16.4 Å². The van der Waals surface area contributed by atoms with Crippen molar-refractivity contribution >= 4 is 17.5 Å². The van der Waals surface area contributed by atoms with Crippen molar-refractivity contribution in [3.05, 3.63) is 29.6 Å². The van der Waals surface area contributed by atoms with Crippen LogP contribution in [0.2, 0.25) is 0 Å². The van der Waals surface area contributed by atoms with Gasteiger partial charge in [-0.2, -0.15) is 0 Å². The lowest BCUT2D eigenvalue weighted by molar-refractivity contribution is -0.117. The molecule has 0 atom stereocenters. The largest absolute Gasteiger partial charge is 0.392 e. The van der Waals surface area contributed by atoms with E-state index in [2.05, 4.69) is 0 Å².